The highest BCUT2D eigenvalue weighted by Crippen LogP contribution is 2.24. The SMILES string of the molecule is CCCCCCCCCCCCCCC[C@@H](c1ccccc1)n1cc[n+](CCC)c1. The van der Waals surface area contributed by atoms with Gasteiger partial charge in [-0.05, 0) is 24.8 Å². The summed E-state index contributed by atoms with van der Waals surface area (Å²) in [4.78, 5) is 0. The van der Waals surface area contributed by atoms with Crippen molar-refractivity contribution in [3.63, 3.8) is 0 Å². The molecule has 0 saturated heterocycles. The summed E-state index contributed by atoms with van der Waals surface area (Å²) in [5, 5.41) is 0. The monoisotopic (exact) mass is 411 g/mol. The van der Waals surface area contributed by atoms with Gasteiger partial charge in [0, 0.05) is 0 Å². The lowest BCUT2D eigenvalue weighted by Gasteiger charge is -2.14. The van der Waals surface area contributed by atoms with E-state index < -0.39 is 0 Å². The first-order valence-electron chi connectivity index (χ1n) is 13.0. The highest BCUT2D eigenvalue weighted by Gasteiger charge is 2.18. The second kappa shape index (κ2) is 16.2. The molecule has 0 radical (unpaired) electrons. The highest BCUT2D eigenvalue weighted by atomic mass is 15.1. The van der Waals surface area contributed by atoms with Crippen molar-refractivity contribution in [2.45, 2.75) is 123 Å². The normalized spacial score (nSPS) is 12.3. The number of rotatable bonds is 18. The van der Waals surface area contributed by atoms with Crippen molar-refractivity contribution in [2.75, 3.05) is 0 Å². The summed E-state index contributed by atoms with van der Waals surface area (Å²) < 4.78 is 4.74. The largest absolute Gasteiger partial charge is 0.244 e. The zero-order chi connectivity index (χ0) is 21.3. The Morgan fingerprint density at radius 1 is 0.700 bits per heavy atom. The average molecular weight is 412 g/mol. The number of aromatic nitrogens is 2. The van der Waals surface area contributed by atoms with E-state index in [1.807, 2.05) is 0 Å². The quantitative estimate of drug-likeness (QED) is 0.172. The van der Waals surface area contributed by atoms with Crippen LogP contribution in [-0.2, 0) is 6.54 Å². The van der Waals surface area contributed by atoms with E-state index in [1.54, 1.807) is 0 Å². The minimum absolute atomic E-state index is 0.469. The van der Waals surface area contributed by atoms with Gasteiger partial charge >= 0.3 is 0 Å². The lowest BCUT2D eigenvalue weighted by atomic mass is 9.99. The molecule has 0 amide bonds. The van der Waals surface area contributed by atoms with Gasteiger partial charge in [-0.15, -0.1) is 0 Å². The Hall–Kier alpha value is -1.57. The van der Waals surface area contributed by atoms with Crippen molar-refractivity contribution >= 4 is 0 Å². The standard InChI is InChI=1S/C28H47N2/c1-3-5-6-7-8-9-10-11-12-13-14-15-19-22-28(27-20-17-16-18-21-27)30-25-24-29(26-30)23-4-2/h16-18,20-21,24-26,28H,3-15,19,22-23H2,1-2H3/q+1/t28-/m0/s1. The molecular weight excluding hydrogens is 364 g/mol. The summed E-state index contributed by atoms with van der Waals surface area (Å²) in [6.07, 6.45) is 27.7. The van der Waals surface area contributed by atoms with Crippen molar-refractivity contribution in [3.05, 3.63) is 54.6 Å². The number of hydrogen-bond donors (Lipinski definition) is 0. The second-order valence-electron chi connectivity index (χ2n) is 9.06. The second-order valence-corrected chi connectivity index (χ2v) is 9.06. The van der Waals surface area contributed by atoms with E-state index in [-0.39, 0.29) is 0 Å². The van der Waals surface area contributed by atoms with Crippen LogP contribution >= 0.6 is 0 Å². The van der Waals surface area contributed by atoms with Gasteiger partial charge in [-0.25, -0.2) is 9.13 Å². The van der Waals surface area contributed by atoms with Gasteiger partial charge in [0.15, 0.2) is 0 Å². The van der Waals surface area contributed by atoms with E-state index in [9.17, 15) is 0 Å². The molecule has 0 aliphatic carbocycles. The fourth-order valence-electron chi connectivity index (χ4n) is 4.50. The maximum Gasteiger partial charge on any atom is 0.244 e. The van der Waals surface area contributed by atoms with Crippen LogP contribution in [0.4, 0.5) is 0 Å². The highest BCUT2D eigenvalue weighted by molar-refractivity contribution is 5.19. The molecule has 1 atom stereocenters. The van der Waals surface area contributed by atoms with E-state index in [0.717, 1.165) is 6.54 Å². The van der Waals surface area contributed by atoms with Gasteiger partial charge < -0.3 is 0 Å². The Morgan fingerprint density at radius 2 is 1.27 bits per heavy atom. The van der Waals surface area contributed by atoms with Crippen LogP contribution in [0, 0.1) is 0 Å². The Balaban J connectivity index is 1.62. The molecule has 1 heterocycles. The number of imidazole rings is 1. The van der Waals surface area contributed by atoms with Gasteiger partial charge in [-0.2, -0.15) is 0 Å². The first-order valence-corrected chi connectivity index (χ1v) is 13.0. The average Bonchev–Trinajstić information content (AvgIpc) is 3.23. The predicted octanol–water partition coefficient (Wildman–Crippen LogP) is 8.26. The van der Waals surface area contributed by atoms with Crippen LogP contribution in [0.5, 0.6) is 0 Å². The Kier molecular flexibility index (Phi) is 13.3. The molecule has 0 aliphatic heterocycles. The van der Waals surface area contributed by atoms with Gasteiger partial charge in [0.25, 0.3) is 0 Å². The molecule has 1 aromatic carbocycles. The summed E-state index contributed by atoms with van der Waals surface area (Å²) in [6, 6.07) is 11.5. The molecule has 0 bridgehead atoms. The van der Waals surface area contributed by atoms with Crippen molar-refractivity contribution in [3.8, 4) is 0 Å². The van der Waals surface area contributed by atoms with Gasteiger partial charge in [-0.1, -0.05) is 121 Å². The molecular formula is C28H47N2+. The van der Waals surface area contributed by atoms with Crippen LogP contribution in [0.2, 0.25) is 0 Å². The third kappa shape index (κ3) is 9.96. The van der Waals surface area contributed by atoms with E-state index in [4.69, 9.17) is 0 Å². The molecule has 0 N–H and O–H groups in total. The fraction of sp³-hybridized carbons (Fsp3) is 0.679. The lowest BCUT2D eigenvalue weighted by molar-refractivity contribution is -0.696. The van der Waals surface area contributed by atoms with Crippen LogP contribution in [0.1, 0.15) is 122 Å². The number of unbranched alkanes of at least 4 members (excludes halogenated alkanes) is 12. The third-order valence-corrected chi connectivity index (χ3v) is 6.32. The van der Waals surface area contributed by atoms with Crippen LogP contribution in [0.3, 0.4) is 0 Å². The summed E-state index contributed by atoms with van der Waals surface area (Å²) in [5.74, 6) is 0. The Morgan fingerprint density at radius 3 is 1.83 bits per heavy atom. The van der Waals surface area contributed by atoms with Gasteiger partial charge in [-0.3, -0.25) is 0 Å². The number of nitrogens with zero attached hydrogens (tertiary/aromatic N) is 2. The molecule has 0 spiro atoms. The number of aryl methyl sites for hydroxylation is 1. The van der Waals surface area contributed by atoms with E-state index in [2.05, 4.69) is 72.0 Å². The zero-order valence-electron chi connectivity index (χ0n) is 19.9. The van der Waals surface area contributed by atoms with Gasteiger partial charge in [0.05, 0.1) is 6.54 Å². The summed E-state index contributed by atoms with van der Waals surface area (Å²) >= 11 is 0. The van der Waals surface area contributed by atoms with E-state index in [0.29, 0.717) is 6.04 Å². The molecule has 0 unspecified atom stereocenters. The molecule has 168 valence electrons. The van der Waals surface area contributed by atoms with Gasteiger partial charge in [0.2, 0.25) is 6.33 Å². The number of hydrogen-bond acceptors (Lipinski definition) is 0. The molecule has 0 aliphatic rings. The van der Waals surface area contributed by atoms with Crippen LogP contribution in [0.25, 0.3) is 0 Å². The molecule has 2 nitrogen and oxygen atoms in total. The zero-order valence-corrected chi connectivity index (χ0v) is 19.9. The van der Waals surface area contributed by atoms with Crippen molar-refractivity contribution in [1.29, 1.82) is 0 Å². The van der Waals surface area contributed by atoms with E-state index >= 15 is 0 Å². The van der Waals surface area contributed by atoms with Crippen molar-refractivity contribution < 1.29 is 4.57 Å². The maximum absolute atomic E-state index is 2.42. The first kappa shape index (κ1) is 24.7. The number of benzene rings is 1. The minimum atomic E-state index is 0.469. The molecule has 0 saturated carbocycles. The Labute approximate surface area is 186 Å². The van der Waals surface area contributed by atoms with Crippen molar-refractivity contribution in [1.82, 2.24) is 4.57 Å². The molecule has 30 heavy (non-hydrogen) atoms. The molecule has 2 aromatic rings. The van der Waals surface area contributed by atoms with Crippen LogP contribution < -0.4 is 4.57 Å². The predicted molar refractivity (Wildman–Crippen MR) is 130 cm³/mol. The first-order chi connectivity index (χ1) is 14.8. The molecule has 2 heteroatoms. The summed E-state index contributed by atoms with van der Waals surface area (Å²) in [7, 11) is 0. The smallest absolute Gasteiger partial charge is 0.237 e. The topological polar surface area (TPSA) is 8.81 Å². The summed E-state index contributed by atoms with van der Waals surface area (Å²) in [5.41, 5.74) is 1.44. The molecule has 0 fully saturated rings. The Bertz CT molecular complexity index is 631. The molecule has 2 rings (SSSR count). The van der Waals surface area contributed by atoms with Crippen LogP contribution in [0.15, 0.2) is 49.1 Å². The van der Waals surface area contributed by atoms with Gasteiger partial charge in [0.1, 0.15) is 18.4 Å². The minimum Gasteiger partial charge on any atom is -0.237 e. The summed E-state index contributed by atoms with van der Waals surface area (Å²) in [6.45, 7) is 5.64. The van der Waals surface area contributed by atoms with Crippen molar-refractivity contribution in [2.24, 2.45) is 0 Å². The lowest BCUT2D eigenvalue weighted by Crippen LogP contribution is -2.30. The fourth-order valence-corrected chi connectivity index (χ4v) is 4.50. The maximum atomic E-state index is 2.42. The third-order valence-electron chi connectivity index (χ3n) is 6.32. The van der Waals surface area contributed by atoms with E-state index in [1.165, 1.54) is 102 Å². The van der Waals surface area contributed by atoms with Crippen LogP contribution in [-0.4, -0.2) is 4.57 Å². The molecule has 1 aromatic heterocycles.